The van der Waals surface area contributed by atoms with Gasteiger partial charge in [0.2, 0.25) is 0 Å². The summed E-state index contributed by atoms with van der Waals surface area (Å²) in [6.45, 7) is 7.83. The average molecular weight is 473 g/mol. The minimum absolute atomic E-state index is 0.245. The van der Waals surface area contributed by atoms with Crippen LogP contribution in [0, 0.1) is 13.8 Å². The number of hydrogen-bond acceptors (Lipinski definition) is 2. The van der Waals surface area contributed by atoms with Crippen molar-refractivity contribution in [2.75, 3.05) is 0 Å². The average Bonchev–Trinajstić information content (AvgIpc) is 3.36. The molecule has 0 bridgehead atoms. The smallest absolute Gasteiger partial charge is 0.279 e. The number of rotatable bonds is 4. The Hall–Kier alpha value is -4.84. The first-order chi connectivity index (χ1) is 17.4. The molecule has 6 heteroatoms. The van der Waals surface area contributed by atoms with E-state index in [-0.39, 0.29) is 11.1 Å². The van der Waals surface area contributed by atoms with Gasteiger partial charge in [0, 0.05) is 11.4 Å². The zero-order valence-corrected chi connectivity index (χ0v) is 20.0. The maximum absolute atomic E-state index is 13.5. The lowest BCUT2D eigenvalue weighted by atomic mass is 10.0. The first kappa shape index (κ1) is 21.7. The quantitative estimate of drug-likeness (QED) is 0.349. The van der Waals surface area contributed by atoms with Gasteiger partial charge in [-0.05, 0) is 65.2 Å². The van der Waals surface area contributed by atoms with Crippen LogP contribution in [0.1, 0.15) is 22.5 Å². The van der Waals surface area contributed by atoms with Crippen molar-refractivity contribution in [2.24, 2.45) is 0 Å². The van der Waals surface area contributed by atoms with Crippen molar-refractivity contribution in [3.05, 3.63) is 135 Å². The van der Waals surface area contributed by atoms with Crippen molar-refractivity contribution in [3.63, 3.8) is 0 Å². The number of hydrogen-bond donors (Lipinski definition) is 2. The molecule has 0 unspecified atom stereocenters. The predicted octanol–water partition coefficient (Wildman–Crippen LogP) is 5.63. The third kappa shape index (κ3) is 3.34. The molecule has 6 rings (SSSR count). The van der Waals surface area contributed by atoms with Crippen LogP contribution in [0.15, 0.2) is 101 Å². The van der Waals surface area contributed by atoms with E-state index >= 15 is 0 Å². The van der Waals surface area contributed by atoms with Gasteiger partial charge >= 0.3 is 0 Å². The van der Waals surface area contributed by atoms with Crippen molar-refractivity contribution >= 4 is 27.1 Å². The second-order valence-electron chi connectivity index (χ2n) is 9.05. The highest BCUT2D eigenvalue weighted by atomic mass is 16.1. The molecule has 176 valence electrons. The Morgan fingerprint density at radius 1 is 0.611 bits per heavy atom. The molecule has 0 fully saturated rings. The van der Waals surface area contributed by atoms with Crippen LogP contribution in [0.5, 0.6) is 0 Å². The van der Waals surface area contributed by atoms with Gasteiger partial charge in [0.15, 0.2) is 0 Å². The van der Waals surface area contributed by atoms with Gasteiger partial charge in [-0.25, -0.2) is 9.36 Å². The minimum atomic E-state index is -0.245. The van der Waals surface area contributed by atoms with Crippen molar-refractivity contribution in [1.82, 2.24) is 19.6 Å². The number of fused-ring (bicyclic) bond motifs is 2. The molecule has 0 aliphatic heterocycles. The van der Waals surface area contributed by atoms with E-state index in [1.165, 1.54) is 9.36 Å². The van der Waals surface area contributed by atoms with Crippen LogP contribution in [0.3, 0.4) is 0 Å². The molecular formula is C30H24N4O2. The Kier molecular flexibility index (Phi) is 4.90. The Morgan fingerprint density at radius 3 is 1.42 bits per heavy atom. The predicted molar refractivity (Wildman–Crippen MR) is 145 cm³/mol. The van der Waals surface area contributed by atoms with E-state index in [9.17, 15) is 9.59 Å². The third-order valence-electron chi connectivity index (χ3n) is 6.73. The van der Waals surface area contributed by atoms with Gasteiger partial charge in [0.1, 0.15) is 0 Å². The molecule has 2 aromatic heterocycles. The highest BCUT2D eigenvalue weighted by Crippen LogP contribution is 2.24. The molecule has 6 nitrogen and oxygen atoms in total. The van der Waals surface area contributed by atoms with Crippen LogP contribution in [0.2, 0.25) is 0 Å². The van der Waals surface area contributed by atoms with E-state index in [1.807, 2.05) is 98.8 Å². The van der Waals surface area contributed by atoms with Crippen LogP contribution in [-0.4, -0.2) is 19.6 Å². The Bertz CT molecular complexity index is 1790. The summed E-state index contributed by atoms with van der Waals surface area (Å²) in [5.74, 6) is 0. The summed E-state index contributed by atoms with van der Waals surface area (Å²) < 4.78 is 3.01. The monoisotopic (exact) mass is 472 g/mol. The van der Waals surface area contributed by atoms with E-state index in [0.29, 0.717) is 28.1 Å². The first-order valence-corrected chi connectivity index (χ1v) is 11.7. The lowest BCUT2D eigenvalue weighted by Crippen LogP contribution is -2.20. The van der Waals surface area contributed by atoms with Crippen molar-refractivity contribution < 1.29 is 0 Å². The minimum Gasteiger partial charge on any atom is -0.295 e. The Balaban J connectivity index is 1.44. The lowest BCUT2D eigenvalue weighted by molar-refractivity contribution is 0.836. The summed E-state index contributed by atoms with van der Waals surface area (Å²) in [5, 5.41) is 10.6. The van der Waals surface area contributed by atoms with Crippen LogP contribution in [0.25, 0.3) is 38.5 Å². The summed E-state index contributed by atoms with van der Waals surface area (Å²) in [6, 6.07) is 27.7. The van der Waals surface area contributed by atoms with E-state index in [1.54, 1.807) is 0 Å². The zero-order valence-electron chi connectivity index (χ0n) is 20.0. The van der Waals surface area contributed by atoms with Crippen molar-refractivity contribution in [1.29, 1.82) is 0 Å². The second-order valence-corrected chi connectivity index (χ2v) is 9.05. The molecule has 0 aliphatic rings. The van der Waals surface area contributed by atoms with E-state index < -0.39 is 0 Å². The lowest BCUT2D eigenvalue weighted by Gasteiger charge is -2.04. The Labute approximate surface area is 206 Å². The fourth-order valence-corrected chi connectivity index (χ4v) is 4.92. The Morgan fingerprint density at radius 2 is 1.00 bits per heavy atom. The van der Waals surface area contributed by atoms with Gasteiger partial charge in [-0.3, -0.25) is 19.8 Å². The summed E-state index contributed by atoms with van der Waals surface area (Å²) in [5.41, 5.74) is 3.44. The molecule has 0 aliphatic carbocycles. The van der Waals surface area contributed by atoms with Gasteiger partial charge in [0.05, 0.1) is 22.5 Å². The molecule has 4 aromatic carbocycles. The number of aromatic nitrogens is 4. The van der Waals surface area contributed by atoms with Gasteiger partial charge < -0.3 is 0 Å². The molecular weight excluding hydrogens is 448 g/mol. The van der Waals surface area contributed by atoms with Gasteiger partial charge in [-0.1, -0.05) is 67.2 Å². The SMILES string of the molecule is C=C(c1c(C)[nH]n(-c2ccc3ccccc3c2)c1=O)c1c(C)[nH]n(-c2ccc3ccccc3c2)c1=O. The summed E-state index contributed by atoms with van der Waals surface area (Å²) in [4.78, 5) is 27.1. The standard InChI is InChI=1S/C30H24N4O2/c1-18(27-19(2)31-33(29(27)35)25-14-12-21-8-4-6-10-23(21)16-25)28-20(3)32-34(30(28)36)26-15-13-22-9-5-7-11-24(22)17-26/h4-17,31-32H,1H2,2-3H3. The molecule has 0 atom stereocenters. The van der Waals surface area contributed by atoms with E-state index in [2.05, 4.69) is 16.8 Å². The summed E-state index contributed by atoms with van der Waals surface area (Å²) >= 11 is 0. The first-order valence-electron chi connectivity index (χ1n) is 11.7. The van der Waals surface area contributed by atoms with Gasteiger partial charge in [-0.15, -0.1) is 0 Å². The number of benzene rings is 4. The molecule has 0 saturated carbocycles. The number of aromatic amines is 2. The van der Waals surface area contributed by atoms with Gasteiger partial charge in [-0.2, -0.15) is 0 Å². The summed E-state index contributed by atoms with van der Waals surface area (Å²) in [7, 11) is 0. The molecule has 0 amide bonds. The van der Waals surface area contributed by atoms with Crippen LogP contribution in [-0.2, 0) is 0 Å². The largest absolute Gasteiger partial charge is 0.295 e. The topological polar surface area (TPSA) is 75.6 Å². The number of aryl methyl sites for hydroxylation is 2. The van der Waals surface area contributed by atoms with Gasteiger partial charge in [0.25, 0.3) is 11.1 Å². The number of nitrogens with one attached hydrogen (secondary N) is 2. The second kappa shape index (κ2) is 8.13. The maximum Gasteiger partial charge on any atom is 0.279 e. The molecule has 36 heavy (non-hydrogen) atoms. The third-order valence-corrected chi connectivity index (χ3v) is 6.73. The molecule has 2 N–H and O–H groups in total. The van der Waals surface area contributed by atoms with Crippen LogP contribution in [0.4, 0.5) is 0 Å². The molecule has 0 spiro atoms. The fraction of sp³-hybridized carbons (Fsp3) is 0.0667. The fourth-order valence-electron chi connectivity index (χ4n) is 4.92. The highest BCUT2D eigenvalue weighted by molar-refractivity contribution is 5.86. The van der Waals surface area contributed by atoms with E-state index in [0.717, 1.165) is 32.9 Å². The normalized spacial score (nSPS) is 11.4. The molecule has 0 radical (unpaired) electrons. The van der Waals surface area contributed by atoms with Crippen LogP contribution < -0.4 is 11.1 Å². The number of H-pyrrole nitrogens is 2. The maximum atomic E-state index is 13.5. The summed E-state index contributed by atoms with van der Waals surface area (Å²) in [6.07, 6.45) is 0. The zero-order chi connectivity index (χ0) is 25.0. The molecule has 0 saturated heterocycles. The van der Waals surface area contributed by atoms with Crippen molar-refractivity contribution in [2.45, 2.75) is 13.8 Å². The highest BCUT2D eigenvalue weighted by Gasteiger charge is 2.22. The van der Waals surface area contributed by atoms with Crippen LogP contribution >= 0.6 is 0 Å². The number of nitrogens with zero attached hydrogens (tertiary/aromatic N) is 2. The molecule has 2 heterocycles. The van der Waals surface area contributed by atoms with E-state index in [4.69, 9.17) is 0 Å². The molecule has 6 aromatic rings. The van der Waals surface area contributed by atoms with Crippen molar-refractivity contribution in [3.8, 4) is 11.4 Å².